The molecule has 0 amide bonds. The van der Waals surface area contributed by atoms with E-state index in [1.807, 2.05) is 0 Å². The van der Waals surface area contributed by atoms with Crippen molar-refractivity contribution < 1.29 is 97.4 Å². The highest BCUT2D eigenvalue weighted by Gasteiger charge is 2.46. The van der Waals surface area contributed by atoms with Crippen molar-refractivity contribution in [3.8, 4) is 0 Å². The number of aliphatic hydroxyl groups is 8. The lowest BCUT2D eigenvalue weighted by Gasteiger charge is -2.40. The Labute approximate surface area is 448 Å². The van der Waals surface area contributed by atoms with Crippen molar-refractivity contribution in [1.82, 2.24) is 0 Å². The molecule has 2 heterocycles. The third kappa shape index (κ3) is 31.8. The standard InChI is InChI=1S/C54H103O20P/c1-3-5-7-9-11-13-15-17-19-21-23-25-27-29-31-33-45(57)67-37-41(71-46(58)34-32-30-28-26-24-22-20-18-16-14-12-10-8-6-4-2)40-70-75(65,66)74-42(38-68-53-51(63)49(61)47(59)43(35-55)72-53)39-69-54-52(64)50(62)48(60)44(36-56)73-54/h41-44,47-56,59-64H,3-40H2,1-2H3,(H,65,66)/t41?,43-,44-,47-,48-,49+,50+,51+,52+,53+,54+/m1/s1. The van der Waals surface area contributed by atoms with Crippen LogP contribution in [0.25, 0.3) is 0 Å². The molecule has 20 nitrogen and oxygen atoms in total. The molecule has 2 aliphatic heterocycles. The number of aliphatic hydroxyl groups excluding tert-OH is 8. The number of esters is 2. The van der Waals surface area contributed by atoms with E-state index in [0.717, 1.165) is 51.4 Å². The molecule has 0 spiro atoms. The van der Waals surface area contributed by atoms with Gasteiger partial charge < -0.3 is 74.2 Å². The highest BCUT2D eigenvalue weighted by Crippen LogP contribution is 2.45. The molecule has 12 atom stereocenters. The quantitative estimate of drug-likeness (QED) is 0.0167. The summed E-state index contributed by atoms with van der Waals surface area (Å²) in [6, 6.07) is 0. The molecule has 0 bridgehead atoms. The van der Waals surface area contributed by atoms with Gasteiger partial charge in [0.1, 0.15) is 61.5 Å². The third-order valence-electron chi connectivity index (χ3n) is 14.0. The van der Waals surface area contributed by atoms with E-state index in [1.165, 1.54) is 128 Å². The molecule has 2 unspecified atom stereocenters. The summed E-state index contributed by atoms with van der Waals surface area (Å²) in [5.41, 5.74) is 0. The van der Waals surface area contributed by atoms with Crippen molar-refractivity contribution in [2.75, 3.05) is 39.6 Å². The smallest absolute Gasteiger partial charge is 0.462 e. The van der Waals surface area contributed by atoms with Crippen molar-refractivity contribution in [3.63, 3.8) is 0 Å². The van der Waals surface area contributed by atoms with Gasteiger partial charge in [-0.2, -0.15) is 0 Å². The first-order valence-electron chi connectivity index (χ1n) is 29.0. The van der Waals surface area contributed by atoms with Crippen LogP contribution in [0.2, 0.25) is 0 Å². The molecule has 0 radical (unpaired) electrons. The fourth-order valence-electron chi connectivity index (χ4n) is 9.22. The minimum absolute atomic E-state index is 0.0573. The Hall–Kier alpha value is -1.43. The lowest BCUT2D eigenvalue weighted by atomic mass is 9.99. The molecule has 0 aromatic carbocycles. The monoisotopic (exact) mass is 1100 g/mol. The van der Waals surface area contributed by atoms with Crippen LogP contribution in [0.3, 0.4) is 0 Å². The predicted molar refractivity (Wildman–Crippen MR) is 280 cm³/mol. The molecule has 0 aliphatic carbocycles. The average molecular weight is 1100 g/mol. The van der Waals surface area contributed by atoms with Gasteiger partial charge in [0, 0.05) is 12.8 Å². The second-order valence-corrected chi connectivity index (χ2v) is 22.2. The summed E-state index contributed by atoms with van der Waals surface area (Å²) in [6.45, 7) is 0.121. The first-order chi connectivity index (χ1) is 36.2. The Morgan fingerprint density at radius 2 is 0.773 bits per heavy atom. The van der Waals surface area contributed by atoms with E-state index >= 15 is 0 Å². The van der Waals surface area contributed by atoms with Crippen LogP contribution in [0.1, 0.15) is 219 Å². The molecule has 0 aromatic heterocycles. The van der Waals surface area contributed by atoms with Gasteiger partial charge in [-0.25, -0.2) is 4.57 Å². The molecular formula is C54H103O20P. The van der Waals surface area contributed by atoms with E-state index < -0.39 is 133 Å². The number of hydrogen-bond acceptors (Lipinski definition) is 19. The second-order valence-electron chi connectivity index (χ2n) is 20.7. The summed E-state index contributed by atoms with van der Waals surface area (Å²) >= 11 is 0. The van der Waals surface area contributed by atoms with E-state index in [9.17, 15) is 59.9 Å². The second kappa shape index (κ2) is 43.4. The van der Waals surface area contributed by atoms with Gasteiger partial charge in [-0.3, -0.25) is 18.6 Å². The molecule has 444 valence electrons. The summed E-state index contributed by atoms with van der Waals surface area (Å²) in [6.07, 6.45) is 15.2. The number of ether oxygens (including phenoxy) is 6. The van der Waals surface area contributed by atoms with Crippen LogP contribution in [0.4, 0.5) is 0 Å². The largest absolute Gasteiger partial charge is 0.472 e. The molecule has 2 fully saturated rings. The number of phosphoric ester groups is 1. The number of carbonyl (C=O) groups excluding carboxylic acids is 2. The van der Waals surface area contributed by atoms with E-state index in [-0.39, 0.29) is 12.8 Å². The first kappa shape index (κ1) is 69.7. The normalized spacial score (nSPS) is 25.3. The third-order valence-corrected chi connectivity index (χ3v) is 15.0. The fourth-order valence-corrected chi connectivity index (χ4v) is 10.1. The van der Waals surface area contributed by atoms with Crippen molar-refractivity contribution in [3.05, 3.63) is 0 Å². The molecule has 0 saturated carbocycles. The van der Waals surface area contributed by atoms with Crippen molar-refractivity contribution in [2.24, 2.45) is 0 Å². The van der Waals surface area contributed by atoms with E-state index in [0.29, 0.717) is 12.8 Å². The van der Waals surface area contributed by atoms with Crippen molar-refractivity contribution >= 4 is 19.8 Å². The molecule has 0 aromatic rings. The van der Waals surface area contributed by atoms with Gasteiger partial charge in [-0.1, -0.05) is 194 Å². The zero-order valence-corrected chi connectivity index (χ0v) is 46.7. The average Bonchev–Trinajstić information content (AvgIpc) is 3.39. The lowest BCUT2D eigenvalue weighted by Crippen LogP contribution is -2.60. The van der Waals surface area contributed by atoms with Gasteiger partial charge in [0.2, 0.25) is 0 Å². The Morgan fingerprint density at radius 3 is 1.12 bits per heavy atom. The predicted octanol–water partition coefficient (Wildman–Crippen LogP) is 7.10. The van der Waals surface area contributed by atoms with E-state index in [4.69, 9.17) is 37.5 Å². The van der Waals surface area contributed by atoms with Gasteiger partial charge in [0.05, 0.1) is 33.0 Å². The number of rotatable bonds is 48. The van der Waals surface area contributed by atoms with Gasteiger partial charge in [-0.15, -0.1) is 0 Å². The summed E-state index contributed by atoms with van der Waals surface area (Å²) < 4.78 is 57.1. The minimum atomic E-state index is -5.20. The minimum Gasteiger partial charge on any atom is -0.462 e. The fraction of sp³-hybridized carbons (Fsp3) is 0.963. The Bertz CT molecular complexity index is 1410. The van der Waals surface area contributed by atoms with Gasteiger partial charge in [-0.05, 0) is 12.8 Å². The highest BCUT2D eigenvalue weighted by atomic mass is 31.2. The van der Waals surface area contributed by atoms with Crippen LogP contribution in [0, 0.1) is 0 Å². The molecule has 75 heavy (non-hydrogen) atoms. The molecule has 21 heteroatoms. The SMILES string of the molecule is CCCCCCCCCCCCCCCCCC(=O)OCC(COP(=O)(O)OC(CO[C@H]1O[C@H](CO)[C@@H](O)[C@H](O)[C@@H]1O)CO[C@H]1O[C@H](CO)[C@@H](O)[C@H](O)[C@@H]1O)OC(=O)CCCCCCCCCCCCCCCCC. The van der Waals surface area contributed by atoms with Crippen molar-refractivity contribution in [1.29, 1.82) is 0 Å². The summed E-state index contributed by atoms with van der Waals surface area (Å²) in [5, 5.41) is 81.2. The molecule has 2 saturated heterocycles. The maximum absolute atomic E-state index is 13.5. The Balaban J connectivity index is 1.97. The van der Waals surface area contributed by atoms with Crippen LogP contribution >= 0.6 is 7.82 Å². The number of carbonyl (C=O) groups is 2. The van der Waals surface area contributed by atoms with E-state index in [2.05, 4.69) is 13.8 Å². The first-order valence-corrected chi connectivity index (χ1v) is 30.5. The number of phosphoric acid groups is 1. The van der Waals surface area contributed by atoms with Gasteiger partial charge in [0.15, 0.2) is 18.7 Å². The highest BCUT2D eigenvalue weighted by molar-refractivity contribution is 7.47. The van der Waals surface area contributed by atoms with Crippen molar-refractivity contribution in [2.45, 2.75) is 293 Å². The lowest BCUT2D eigenvalue weighted by molar-refractivity contribution is -0.314. The zero-order valence-electron chi connectivity index (χ0n) is 45.8. The summed E-state index contributed by atoms with van der Waals surface area (Å²) in [7, 11) is -5.20. The van der Waals surface area contributed by atoms with Crippen LogP contribution < -0.4 is 0 Å². The van der Waals surface area contributed by atoms with Gasteiger partial charge in [0.25, 0.3) is 0 Å². The van der Waals surface area contributed by atoms with Crippen LogP contribution in [-0.4, -0.2) is 171 Å². The maximum Gasteiger partial charge on any atom is 0.472 e. The number of unbranched alkanes of at least 4 members (excludes halogenated alkanes) is 28. The number of hydrogen-bond donors (Lipinski definition) is 9. The molecular weight excluding hydrogens is 1000 g/mol. The van der Waals surface area contributed by atoms with Gasteiger partial charge >= 0.3 is 19.8 Å². The maximum atomic E-state index is 13.5. The molecule has 2 aliphatic rings. The van der Waals surface area contributed by atoms with Crippen LogP contribution in [0.5, 0.6) is 0 Å². The van der Waals surface area contributed by atoms with E-state index in [1.54, 1.807) is 0 Å². The molecule has 2 rings (SSSR count). The zero-order chi connectivity index (χ0) is 55.1. The Morgan fingerprint density at radius 1 is 0.440 bits per heavy atom. The summed E-state index contributed by atoms with van der Waals surface area (Å²) in [4.78, 5) is 36.9. The topological polar surface area (TPSA) is 307 Å². The Kier molecular flexibility index (Phi) is 40.3. The van der Waals surface area contributed by atoms with Crippen LogP contribution in [0.15, 0.2) is 0 Å². The summed E-state index contributed by atoms with van der Waals surface area (Å²) in [5.74, 6) is -1.16. The molecule has 9 N–H and O–H groups in total. The van der Waals surface area contributed by atoms with Crippen LogP contribution in [-0.2, 0) is 51.6 Å².